The molecule has 1 aromatic carbocycles. The van der Waals surface area contributed by atoms with Crippen LogP contribution in [0.5, 0.6) is 0 Å². The van der Waals surface area contributed by atoms with Gasteiger partial charge < -0.3 is 14.8 Å². The third kappa shape index (κ3) is 5.24. The first kappa shape index (κ1) is 23.5. The Balaban J connectivity index is 1.31. The average Bonchev–Trinajstić information content (AvgIpc) is 3.22. The number of pyridine rings is 1. The third-order valence-corrected chi connectivity index (χ3v) is 7.76. The van der Waals surface area contributed by atoms with Gasteiger partial charge >= 0.3 is 12.1 Å². The van der Waals surface area contributed by atoms with Crippen molar-refractivity contribution in [3.63, 3.8) is 0 Å². The van der Waals surface area contributed by atoms with Crippen LogP contribution in [0.3, 0.4) is 0 Å². The first-order valence-corrected chi connectivity index (χ1v) is 12.5. The van der Waals surface area contributed by atoms with Crippen molar-refractivity contribution < 1.29 is 23.5 Å². The molecule has 0 radical (unpaired) electrons. The highest BCUT2D eigenvalue weighted by atomic mass is 19.1. The highest BCUT2D eigenvalue weighted by Gasteiger charge is 2.50. The maximum Gasteiger partial charge on any atom is 0.407 e. The van der Waals surface area contributed by atoms with Gasteiger partial charge in [-0.3, -0.25) is 9.78 Å². The molecule has 2 aromatic rings. The fourth-order valence-corrected chi connectivity index (χ4v) is 6.22. The van der Waals surface area contributed by atoms with Crippen LogP contribution in [0.1, 0.15) is 44.7 Å². The Bertz CT molecular complexity index is 1100. The van der Waals surface area contributed by atoms with E-state index in [0.29, 0.717) is 24.9 Å². The maximum atomic E-state index is 13.6. The highest BCUT2D eigenvalue weighted by molar-refractivity contribution is 5.72. The molecule has 0 spiro atoms. The molecule has 2 aliphatic carbocycles. The Hall–Kier alpha value is -3.22. The second-order valence-electron chi connectivity index (χ2n) is 9.85. The van der Waals surface area contributed by atoms with Gasteiger partial charge in [0.15, 0.2) is 0 Å². The van der Waals surface area contributed by atoms with Crippen LogP contribution in [0.2, 0.25) is 0 Å². The Morgan fingerprint density at radius 3 is 2.86 bits per heavy atom. The Morgan fingerprint density at radius 1 is 1.20 bits per heavy atom. The first-order chi connectivity index (χ1) is 17.0. The van der Waals surface area contributed by atoms with Crippen molar-refractivity contribution in [1.82, 2.24) is 10.3 Å². The molecule has 1 aromatic heterocycles. The van der Waals surface area contributed by atoms with Crippen molar-refractivity contribution in [2.45, 2.75) is 51.2 Å². The Kier molecular flexibility index (Phi) is 6.84. The topological polar surface area (TPSA) is 77.5 Å². The van der Waals surface area contributed by atoms with E-state index in [-0.39, 0.29) is 41.9 Å². The smallest absolute Gasteiger partial charge is 0.407 e. The minimum absolute atomic E-state index is 0.0666. The molecule has 2 saturated carbocycles. The van der Waals surface area contributed by atoms with Crippen molar-refractivity contribution in [2.24, 2.45) is 23.7 Å². The first-order valence-electron chi connectivity index (χ1n) is 12.5. The Labute approximate surface area is 204 Å². The molecule has 3 aliphatic rings. The summed E-state index contributed by atoms with van der Waals surface area (Å²) in [6.07, 6.45) is 9.64. The van der Waals surface area contributed by atoms with Crippen molar-refractivity contribution in [2.75, 3.05) is 6.61 Å². The van der Waals surface area contributed by atoms with E-state index < -0.39 is 0 Å². The van der Waals surface area contributed by atoms with Gasteiger partial charge in [0.25, 0.3) is 0 Å². The molecule has 6 nitrogen and oxygen atoms in total. The number of esters is 1. The number of ether oxygens (including phenoxy) is 2. The molecule has 7 heteroatoms. The van der Waals surface area contributed by atoms with Crippen molar-refractivity contribution >= 4 is 18.1 Å². The zero-order chi connectivity index (χ0) is 24.4. The van der Waals surface area contributed by atoms with Crippen LogP contribution >= 0.6 is 0 Å². The predicted molar refractivity (Wildman–Crippen MR) is 130 cm³/mol. The van der Waals surface area contributed by atoms with Crippen LogP contribution in [0, 0.1) is 29.5 Å². The van der Waals surface area contributed by atoms with Gasteiger partial charge in [-0.15, -0.1) is 0 Å². The summed E-state index contributed by atoms with van der Waals surface area (Å²) in [5.74, 6) is 0.832. The van der Waals surface area contributed by atoms with E-state index in [1.807, 2.05) is 24.3 Å². The molecule has 1 amide bonds. The SMILES string of the molecule is CCOC(=O)N[C@@H]1CC[C@@H]2[C@@H](C1)C[C@@H]1OC(=O)C[C@@H]1[C@H]2C=Cc1ccc(-c2cccc(F)c2)cn1. The second-order valence-corrected chi connectivity index (χ2v) is 9.85. The molecule has 184 valence electrons. The molecule has 3 fully saturated rings. The number of carbonyl (C=O) groups excluding carboxylic acids is 2. The number of halogens is 1. The number of allylic oxidation sites excluding steroid dienone is 1. The van der Waals surface area contributed by atoms with E-state index in [1.54, 1.807) is 19.2 Å². The van der Waals surface area contributed by atoms with Crippen molar-refractivity contribution in [1.29, 1.82) is 0 Å². The predicted octanol–water partition coefficient (Wildman–Crippen LogP) is 5.38. The quantitative estimate of drug-likeness (QED) is 0.584. The summed E-state index contributed by atoms with van der Waals surface area (Å²) in [6.45, 7) is 2.15. The van der Waals surface area contributed by atoms with Gasteiger partial charge in [-0.2, -0.15) is 0 Å². The molecular weight excluding hydrogens is 447 g/mol. The molecular formula is C28H31FN2O4. The van der Waals surface area contributed by atoms with Crippen LogP contribution in [-0.4, -0.2) is 35.8 Å². The minimum atomic E-state index is -0.360. The van der Waals surface area contributed by atoms with Gasteiger partial charge in [-0.05, 0) is 80.2 Å². The second kappa shape index (κ2) is 10.2. The van der Waals surface area contributed by atoms with Crippen LogP contribution in [0.4, 0.5) is 9.18 Å². The lowest BCUT2D eigenvalue weighted by Gasteiger charge is -2.47. The van der Waals surface area contributed by atoms with E-state index in [2.05, 4.69) is 16.4 Å². The Morgan fingerprint density at radius 2 is 2.09 bits per heavy atom. The molecule has 0 bridgehead atoms. The standard InChI is InChI=1S/C28H31FN2O4/c1-2-34-28(33)31-22-9-10-23-19(13-22)14-26-25(15-27(32)35-26)24(23)11-8-21-7-6-18(16-30-21)17-4-3-5-20(29)12-17/h3-8,11-12,16,19,22-26H,2,9-10,13-15H2,1H3,(H,31,33)/t19-,22+,23+,24-,25+,26-/m0/s1. The molecule has 5 rings (SSSR count). The number of aromatic nitrogens is 1. The van der Waals surface area contributed by atoms with E-state index in [9.17, 15) is 14.0 Å². The highest BCUT2D eigenvalue weighted by Crippen LogP contribution is 2.51. The number of hydrogen-bond acceptors (Lipinski definition) is 5. The van der Waals surface area contributed by atoms with Crippen molar-refractivity contribution in [3.05, 3.63) is 60.2 Å². The lowest BCUT2D eigenvalue weighted by molar-refractivity contribution is -0.143. The number of rotatable bonds is 5. The number of hydrogen-bond donors (Lipinski definition) is 1. The third-order valence-electron chi connectivity index (χ3n) is 7.76. The van der Waals surface area contributed by atoms with Crippen LogP contribution in [0.25, 0.3) is 17.2 Å². The minimum Gasteiger partial charge on any atom is -0.462 e. The van der Waals surface area contributed by atoms with Crippen LogP contribution in [-0.2, 0) is 14.3 Å². The summed E-state index contributed by atoms with van der Waals surface area (Å²) < 4.78 is 24.3. The lowest BCUT2D eigenvalue weighted by atomic mass is 9.59. The van der Waals surface area contributed by atoms with E-state index in [4.69, 9.17) is 9.47 Å². The van der Waals surface area contributed by atoms with Crippen LogP contribution in [0.15, 0.2) is 48.7 Å². The maximum absolute atomic E-state index is 13.6. The summed E-state index contributed by atoms with van der Waals surface area (Å²) >= 11 is 0. The monoisotopic (exact) mass is 478 g/mol. The molecule has 1 N–H and O–H groups in total. The zero-order valence-electron chi connectivity index (χ0n) is 19.9. The molecule has 1 saturated heterocycles. The van der Waals surface area contributed by atoms with Gasteiger partial charge in [0, 0.05) is 23.7 Å². The largest absolute Gasteiger partial charge is 0.462 e. The van der Waals surface area contributed by atoms with E-state index in [1.165, 1.54) is 12.1 Å². The van der Waals surface area contributed by atoms with Crippen molar-refractivity contribution in [3.8, 4) is 11.1 Å². The van der Waals surface area contributed by atoms with E-state index in [0.717, 1.165) is 42.5 Å². The van der Waals surface area contributed by atoms with E-state index >= 15 is 0 Å². The molecule has 0 unspecified atom stereocenters. The van der Waals surface area contributed by atoms with Gasteiger partial charge in [-0.1, -0.05) is 24.3 Å². The number of alkyl carbamates (subject to hydrolysis) is 1. The molecule has 6 atom stereocenters. The fourth-order valence-electron chi connectivity index (χ4n) is 6.22. The normalized spacial score (nSPS) is 29.8. The number of nitrogens with zero attached hydrogens (tertiary/aromatic N) is 1. The van der Waals surface area contributed by atoms with Gasteiger partial charge in [-0.25, -0.2) is 9.18 Å². The summed E-state index contributed by atoms with van der Waals surface area (Å²) in [5, 5.41) is 3.00. The number of amides is 1. The molecule has 1 aliphatic heterocycles. The van der Waals surface area contributed by atoms with Crippen LogP contribution < -0.4 is 5.32 Å². The van der Waals surface area contributed by atoms with Gasteiger partial charge in [0.05, 0.1) is 18.7 Å². The number of fused-ring (bicyclic) bond motifs is 2. The lowest BCUT2D eigenvalue weighted by Crippen LogP contribution is -2.48. The zero-order valence-corrected chi connectivity index (χ0v) is 19.9. The summed E-state index contributed by atoms with van der Waals surface area (Å²) in [5.41, 5.74) is 2.48. The molecule has 35 heavy (non-hydrogen) atoms. The number of benzene rings is 1. The summed E-state index contributed by atoms with van der Waals surface area (Å²) in [7, 11) is 0. The van der Waals surface area contributed by atoms with Gasteiger partial charge in [0.2, 0.25) is 0 Å². The number of carbonyl (C=O) groups is 2. The number of nitrogens with one attached hydrogen (secondary N) is 1. The summed E-state index contributed by atoms with van der Waals surface area (Å²) in [6, 6.07) is 10.5. The summed E-state index contributed by atoms with van der Waals surface area (Å²) in [4.78, 5) is 28.6. The fraction of sp³-hybridized carbons (Fsp3) is 0.464. The van der Waals surface area contributed by atoms with Gasteiger partial charge in [0.1, 0.15) is 11.9 Å². The average molecular weight is 479 g/mol. The molecule has 2 heterocycles.